The Morgan fingerprint density at radius 1 is 1.20 bits per heavy atom. The number of hydrogen-bond acceptors (Lipinski definition) is 2. The summed E-state index contributed by atoms with van der Waals surface area (Å²) in [4.78, 5) is 2.62. The van der Waals surface area contributed by atoms with E-state index in [1.807, 2.05) is 24.3 Å². The Labute approximate surface area is 149 Å². The van der Waals surface area contributed by atoms with Crippen LogP contribution in [0, 0.1) is 11.7 Å². The van der Waals surface area contributed by atoms with Gasteiger partial charge in [-0.1, -0.05) is 32.0 Å². The van der Waals surface area contributed by atoms with Crippen molar-refractivity contribution in [2.24, 2.45) is 5.92 Å². The van der Waals surface area contributed by atoms with Gasteiger partial charge in [0.15, 0.2) is 0 Å². The molecule has 1 fully saturated rings. The summed E-state index contributed by atoms with van der Waals surface area (Å²) in [7, 11) is 0. The summed E-state index contributed by atoms with van der Waals surface area (Å²) in [6.45, 7) is 6.83. The highest BCUT2D eigenvalue weighted by molar-refractivity contribution is 5.44. The second kappa shape index (κ2) is 6.14. The first kappa shape index (κ1) is 16.6. The lowest BCUT2D eigenvalue weighted by Gasteiger charge is -2.54. The average Bonchev–Trinajstić information content (AvgIpc) is 2.60. The van der Waals surface area contributed by atoms with Crippen LogP contribution in [0.25, 0.3) is 0 Å². The predicted molar refractivity (Wildman–Crippen MR) is 98.4 cm³/mol. The summed E-state index contributed by atoms with van der Waals surface area (Å²) in [5.41, 5.74) is 4.07. The Balaban J connectivity index is 1.55. The van der Waals surface area contributed by atoms with E-state index in [9.17, 15) is 9.50 Å². The molecule has 2 unspecified atom stereocenters. The number of nitrogens with zero attached hydrogens (tertiary/aromatic N) is 1. The topological polar surface area (TPSA) is 23.5 Å². The van der Waals surface area contributed by atoms with Gasteiger partial charge in [0.25, 0.3) is 0 Å². The lowest BCUT2D eigenvalue weighted by atomic mass is 9.59. The fourth-order valence-corrected chi connectivity index (χ4v) is 4.90. The zero-order chi connectivity index (χ0) is 17.6. The van der Waals surface area contributed by atoms with Crippen LogP contribution in [0.4, 0.5) is 4.39 Å². The van der Waals surface area contributed by atoms with Crippen LogP contribution in [0.5, 0.6) is 5.75 Å². The van der Waals surface area contributed by atoms with Gasteiger partial charge in [-0.3, -0.25) is 4.90 Å². The van der Waals surface area contributed by atoms with E-state index in [0.29, 0.717) is 17.7 Å². The summed E-state index contributed by atoms with van der Waals surface area (Å²) >= 11 is 0. The number of piperidine rings is 1. The van der Waals surface area contributed by atoms with Gasteiger partial charge in [0, 0.05) is 12.6 Å². The Morgan fingerprint density at radius 3 is 2.72 bits per heavy atom. The lowest BCUT2D eigenvalue weighted by molar-refractivity contribution is 0.0322. The fraction of sp³-hybridized carbons (Fsp3) is 0.455. The van der Waals surface area contributed by atoms with Gasteiger partial charge in [0.1, 0.15) is 11.6 Å². The van der Waals surface area contributed by atoms with Crippen LogP contribution in [-0.4, -0.2) is 29.1 Å². The van der Waals surface area contributed by atoms with Gasteiger partial charge in [-0.25, -0.2) is 4.39 Å². The van der Waals surface area contributed by atoms with Gasteiger partial charge in [-0.15, -0.1) is 0 Å². The molecule has 2 aromatic carbocycles. The van der Waals surface area contributed by atoms with Crippen molar-refractivity contribution in [2.75, 3.05) is 13.1 Å². The van der Waals surface area contributed by atoms with Crippen molar-refractivity contribution in [1.82, 2.24) is 4.90 Å². The Bertz CT molecular complexity index is 772. The number of hydrogen-bond donors (Lipinski definition) is 1. The minimum Gasteiger partial charge on any atom is -0.508 e. The SMILES string of the molecule is CC1C2Cc3ccc(O)cc3[C@@]1(C)CCN2CCc1ccc(F)cc1. The molecule has 3 atom stereocenters. The molecule has 1 heterocycles. The number of benzene rings is 2. The minimum atomic E-state index is -0.168. The van der Waals surface area contributed by atoms with Gasteiger partial charge < -0.3 is 5.11 Å². The first-order valence-electron chi connectivity index (χ1n) is 9.28. The van der Waals surface area contributed by atoms with Crippen molar-refractivity contribution in [1.29, 1.82) is 0 Å². The maximum Gasteiger partial charge on any atom is 0.123 e. The fourth-order valence-electron chi connectivity index (χ4n) is 4.90. The van der Waals surface area contributed by atoms with Crippen molar-refractivity contribution >= 4 is 0 Å². The number of likely N-dealkylation sites (tertiary alicyclic amines) is 1. The minimum absolute atomic E-state index is 0.142. The quantitative estimate of drug-likeness (QED) is 0.901. The summed E-state index contributed by atoms with van der Waals surface area (Å²) in [6.07, 6.45) is 3.13. The number of fused-ring (bicyclic) bond motifs is 4. The molecule has 1 aliphatic carbocycles. The Hall–Kier alpha value is -1.87. The van der Waals surface area contributed by atoms with Crippen LogP contribution in [0.15, 0.2) is 42.5 Å². The predicted octanol–water partition coefficient (Wildman–Crippen LogP) is 4.30. The molecule has 0 amide bonds. The second-order valence-corrected chi connectivity index (χ2v) is 7.98. The van der Waals surface area contributed by atoms with Crippen LogP contribution in [0.3, 0.4) is 0 Å². The average molecular weight is 339 g/mol. The molecule has 0 saturated carbocycles. The van der Waals surface area contributed by atoms with E-state index in [2.05, 4.69) is 24.8 Å². The third-order valence-electron chi connectivity index (χ3n) is 6.71. The highest BCUT2D eigenvalue weighted by Gasteiger charge is 2.48. The molecular weight excluding hydrogens is 313 g/mol. The van der Waals surface area contributed by atoms with Crippen LogP contribution >= 0.6 is 0 Å². The number of halogens is 1. The number of aromatic hydroxyl groups is 1. The van der Waals surface area contributed by atoms with Crippen molar-refractivity contribution in [3.8, 4) is 5.75 Å². The number of rotatable bonds is 3. The Morgan fingerprint density at radius 2 is 1.96 bits per heavy atom. The van der Waals surface area contributed by atoms with Crippen molar-refractivity contribution in [3.05, 3.63) is 65.0 Å². The van der Waals surface area contributed by atoms with Crippen LogP contribution in [-0.2, 0) is 18.3 Å². The first-order chi connectivity index (χ1) is 12.0. The van der Waals surface area contributed by atoms with Crippen LogP contribution in [0.2, 0.25) is 0 Å². The molecule has 2 nitrogen and oxygen atoms in total. The van der Waals surface area contributed by atoms with Gasteiger partial charge in [0.2, 0.25) is 0 Å². The van der Waals surface area contributed by atoms with E-state index in [-0.39, 0.29) is 11.2 Å². The van der Waals surface area contributed by atoms with E-state index in [0.717, 1.165) is 32.4 Å². The molecule has 1 aliphatic heterocycles. The smallest absolute Gasteiger partial charge is 0.123 e. The molecule has 0 aromatic heterocycles. The molecule has 25 heavy (non-hydrogen) atoms. The van der Waals surface area contributed by atoms with Gasteiger partial charge in [-0.2, -0.15) is 0 Å². The summed E-state index contributed by atoms with van der Waals surface area (Å²) < 4.78 is 13.1. The second-order valence-electron chi connectivity index (χ2n) is 7.98. The molecular formula is C22H26FNO. The highest BCUT2D eigenvalue weighted by Crippen LogP contribution is 2.49. The number of phenolic OH excluding ortho intramolecular Hbond substituents is 1. The third kappa shape index (κ3) is 2.85. The first-order valence-corrected chi connectivity index (χ1v) is 9.28. The molecule has 1 saturated heterocycles. The van der Waals surface area contributed by atoms with E-state index in [4.69, 9.17) is 0 Å². The highest BCUT2D eigenvalue weighted by atomic mass is 19.1. The molecule has 2 aromatic rings. The maximum atomic E-state index is 13.1. The standard InChI is InChI=1S/C22H26FNO/c1-15-21-13-17-5-8-19(25)14-20(17)22(15,2)10-12-24(21)11-9-16-3-6-18(23)7-4-16/h3-8,14-15,21,25H,9-13H2,1-2H3/t15?,21?,22-/m0/s1. The summed E-state index contributed by atoms with van der Waals surface area (Å²) in [6, 6.07) is 13.3. The third-order valence-corrected chi connectivity index (χ3v) is 6.71. The lowest BCUT2D eigenvalue weighted by Crippen LogP contribution is -2.58. The monoisotopic (exact) mass is 339 g/mol. The number of phenols is 1. The molecule has 0 radical (unpaired) electrons. The van der Waals surface area contributed by atoms with Gasteiger partial charge in [-0.05, 0) is 78.1 Å². The summed E-state index contributed by atoms with van der Waals surface area (Å²) in [5, 5.41) is 9.93. The van der Waals surface area contributed by atoms with Crippen LogP contribution in [0.1, 0.15) is 37.0 Å². The molecule has 2 aliphatic rings. The molecule has 2 bridgehead atoms. The molecule has 3 heteroatoms. The van der Waals surface area contributed by atoms with E-state index in [1.54, 1.807) is 12.1 Å². The molecule has 4 rings (SSSR count). The van der Waals surface area contributed by atoms with E-state index in [1.165, 1.54) is 16.7 Å². The van der Waals surface area contributed by atoms with Crippen molar-refractivity contribution in [3.63, 3.8) is 0 Å². The van der Waals surface area contributed by atoms with Crippen molar-refractivity contribution in [2.45, 2.75) is 44.6 Å². The van der Waals surface area contributed by atoms with Crippen molar-refractivity contribution < 1.29 is 9.50 Å². The zero-order valence-corrected chi connectivity index (χ0v) is 15.0. The largest absolute Gasteiger partial charge is 0.508 e. The normalized spacial score (nSPS) is 28.6. The maximum absolute atomic E-state index is 13.1. The molecule has 1 N–H and O–H groups in total. The van der Waals surface area contributed by atoms with E-state index >= 15 is 0 Å². The van der Waals surface area contributed by atoms with Gasteiger partial charge >= 0.3 is 0 Å². The van der Waals surface area contributed by atoms with E-state index < -0.39 is 0 Å². The Kier molecular flexibility index (Phi) is 4.07. The molecule has 0 spiro atoms. The van der Waals surface area contributed by atoms with Crippen LogP contribution < -0.4 is 0 Å². The summed E-state index contributed by atoms with van der Waals surface area (Å²) in [5.74, 6) is 0.770. The molecule has 132 valence electrons. The zero-order valence-electron chi connectivity index (χ0n) is 15.0. The van der Waals surface area contributed by atoms with Gasteiger partial charge in [0.05, 0.1) is 0 Å².